The van der Waals surface area contributed by atoms with Gasteiger partial charge in [0.15, 0.2) is 18.2 Å². The quantitative estimate of drug-likeness (QED) is 0.785. The summed E-state index contributed by atoms with van der Waals surface area (Å²) in [4.78, 5) is 11.8. The maximum Gasteiger partial charge on any atom is 0.258 e. The van der Waals surface area contributed by atoms with Gasteiger partial charge in [-0.2, -0.15) is 0 Å². The highest BCUT2D eigenvalue weighted by Crippen LogP contribution is 2.21. The number of carbonyl (C=O) groups is 1. The third-order valence-electron chi connectivity index (χ3n) is 3.37. The summed E-state index contributed by atoms with van der Waals surface area (Å²) in [6.45, 7) is 1.75. The Morgan fingerprint density at radius 2 is 2.00 bits per heavy atom. The monoisotopic (exact) mass is 379 g/mol. The molecule has 2 aromatic carbocycles. The summed E-state index contributed by atoms with van der Waals surface area (Å²) in [5.41, 5.74) is 1.24. The maximum atomic E-state index is 13.6. The van der Waals surface area contributed by atoms with Gasteiger partial charge in [0.05, 0.1) is 0 Å². The summed E-state index contributed by atoms with van der Waals surface area (Å²) in [7, 11) is 0. The molecule has 0 saturated carbocycles. The molecule has 1 atom stereocenters. The molecule has 0 fully saturated rings. The molecule has 1 N–H and O–H groups in total. The van der Waals surface area contributed by atoms with Gasteiger partial charge in [0.25, 0.3) is 5.91 Å². The molecule has 0 spiro atoms. The Morgan fingerprint density at radius 1 is 1.26 bits per heavy atom. The Bertz CT molecular complexity index is 649. The number of nitrogens with one attached hydrogen (secondary N) is 1. The molecule has 0 radical (unpaired) electrons. The van der Waals surface area contributed by atoms with Gasteiger partial charge in [0, 0.05) is 10.5 Å². The normalized spacial score (nSPS) is 11.8. The van der Waals surface area contributed by atoms with Gasteiger partial charge in [-0.15, -0.1) is 0 Å². The minimum absolute atomic E-state index is 0.0288. The van der Waals surface area contributed by atoms with Crippen molar-refractivity contribution in [1.29, 1.82) is 0 Å². The van der Waals surface area contributed by atoms with Crippen LogP contribution in [0.5, 0.6) is 5.75 Å². The molecule has 1 unspecified atom stereocenters. The van der Waals surface area contributed by atoms with Crippen LogP contribution in [0.15, 0.2) is 53.0 Å². The van der Waals surface area contributed by atoms with Gasteiger partial charge in [-0.05, 0) is 43.5 Å². The molecule has 0 heterocycles. The van der Waals surface area contributed by atoms with Crippen LogP contribution >= 0.6 is 15.9 Å². The molecule has 122 valence electrons. The third-order valence-corrected chi connectivity index (χ3v) is 3.86. The van der Waals surface area contributed by atoms with Gasteiger partial charge < -0.3 is 10.1 Å². The van der Waals surface area contributed by atoms with E-state index in [1.165, 1.54) is 17.7 Å². The first-order chi connectivity index (χ1) is 11.0. The first kappa shape index (κ1) is 17.5. The summed E-state index contributed by atoms with van der Waals surface area (Å²) in [6, 6.07) is 14.6. The highest BCUT2D eigenvalue weighted by atomic mass is 79.9. The summed E-state index contributed by atoms with van der Waals surface area (Å²) < 4.78 is 19.4. The van der Waals surface area contributed by atoms with Crippen LogP contribution in [-0.2, 0) is 11.2 Å². The lowest BCUT2D eigenvalue weighted by Gasteiger charge is -2.14. The van der Waals surface area contributed by atoms with Crippen LogP contribution in [0.25, 0.3) is 0 Å². The SMILES string of the molecule is CC(CCc1ccccc1)NC(=O)COc1ccc(Br)cc1F. The molecule has 2 aromatic rings. The van der Waals surface area contributed by atoms with Crippen LogP contribution < -0.4 is 10.1 Å². The summed E-state index contributed by atoms with van der Waals surface area (Å²) >= 11 is 3.17. The molecule has 2 rings (SSSR count). The Labute approximate surface area is 144 Å². The highest BCUT2D eigenvalue weighted by Gasteiger charge is 2.10. The number of hydrogen-bond acceptors (Lipinski definition) is 2. The van der Waals surface area contributed by atoms with Gasteiger partial charge >= 0.3 is 0 Å². The van der Waals surface area contributed by atoms with Crippen molar-refractivity contribution in [3.05, 3.63) is 64.4 Å². The zero-order valence-electron chi connectivity index (χ0n) is 12.9. The van der Waals surface area contributed by atoms with E-state index in [4.69, 9.17) is 4.74 Å². The lowest BCUT2D eigenvalue weighted by molar-refractivity contribution is -0.123. The van der Waals surface area contributed by atoms with Crippen LogP contribution in [-0.4, -0.2) is 18.6 Å². The smallest absolute Gasteiger partial charge is 0.258 e. The Balaban J connectivity index is 1.73. The van der Waals surface area contributed by atoms with Gasteiger partial charge in [0.2, 0.25) is 0 Å². The average Bonchev–Trinajstić information content (AvgIpc) is 2.53. The second-order valence-corrected chi connectivity index (χ2v) is 6.27. The molecule has 0 aliphatic rings. The van der Waals surface area contributed by atoms with E-state index in [1.807, 2.05) is 25.1 Å². The zero-order chi connectivity index (χ0) is 16.7. The van der Waals surface area contributed by atoms with Crippen LogP contribution in [0, 0.1) is 5.82 Å². The topological polar surface area (TPSA) is 38.3 Å². The van der Waals surface area contributed by atoms with Crippen molar-refractivity contribution < 1.29 is 13.9 Å². The van der Waals surface area contributed by atoms with Gasteiger partial charge in [-0.3, -0.25) is 4.79 Å². The number of hydrogen-bond donors (Lipinski definition) is 1. The van der Waals surface area contributed by atoms with Gasteiger partial charge in [-0.1, -0.05) is 46.3 Å². The second kappa shape index (κ2) is 8.67. The number of halogens is 2. The first-order valence-electron chi connectivity index (χ1n) is 7.45. The zero-order valence-corrected chi connectivity index (χ0v) is 14.5. The first-order valence-corrected chi connectivity index (χ1v) is 8.25. The number of carbonyl (C=O) groups excluding carboxylic acids is 1. The number of amides is 1. The van der Waals surface area contributed by atoms with Gasteiger partial charge in [-0.25, -0.2) is 4.39 Å². The standard InChI is InChI=1S/C18H19BrFNO2/c1-13(7-8-14-5-3-2-4-6-14)21-18(22)12-23-17-10-9-15(19)11-16(17)20/h2-6,9-11,13H,7-8,12H2,1H3,(H,21,22). The molecule has 0 aromatic heterocycles. The number of aryl methyl sites for hydroxylation is 1. The predicted octanol–water partition coefficient (Wildman–Crippen LogP) is 4.10. The molecule has 5 heteroatoms. The number of benzene rings is 2. The van der Waals surface area contributed by atoms with Crippen molar-refractivity contribution in [3.63, 3.8) is 0 Å². The van der Waals surface area contributed by atoms with E-state index in [0.717, 1.165) is 12.8 Å². The number of ether oxygens (including phenoxy) is 1. The Hall–Kier alpha value is -1.88. The molecule has 0 aliphatic heterocycles. The van der Waals surface area contributed by atoms with Crippen LogP contribution in [0.4, 0.5) is 4.39 Å². The van der Waals surface area contributed by atoms with Crippen molar-refractivity contribution in [2.24, 2.45) is 0 Å². The molecule has 0 saturated heterocycles. The highest BCUT2D eigenvalue weighted by molar-refractivity contribution is 9.10. The fourth-order valence-electron chi connectivity index (χ4n) is 2.15. The lowest BCUT2D eigenvalue weighted by Crippen LogP contribution is -2.36. The van der Waals surface area contributed by atoms with E-state index in [1.54, 1.807) is 6.07 Å². The average molecular weight is 380 g/mol. The lowest BCUT2D eigenvalue weighted by atomic mass is 10.1. The summed E-state index contributed by atoms with van der Waals surface area (Å²) in [6.07, 6.45) is 1.73. The van der Waals surface area contributed by atoms with E-state index in [9.17, 15) is 9.18 Å². The van der Waals surface area contributed by atoms with Crippen molar-refractivity contribution in [2.45, 2.75) is 25.8 Å². The van der Waals surface area contributed by atoms with Crippen molar-refractivity contribution in [3.8, 4) is 5.75 Å². The summed E-state index contributed by atoms with van der Waals surface area (Å²) in [5.74, 6) is -0.683. The van der Waals surface area contributed by atoms with Gasteiger partial charge in [0.1, 0.15) is 0 Å². The van der Waals surface area contributed by atoms with Crippen LogP contribution in [0.1, 0.15) is 18.9 Å². The Morgan fingerprint density at radius 3 is 2.70 bits per heavy atom. The predicted molar refractivity (Wildman–Crippen MR) is 92.0 cm³/mol. The van der Waals surface area contributed by atoms with E-state index in [2.05, 4.69) is 33.4 Å². The van der Waals surface area contributed by atoms with Crippen LogP contribution in [0.3, 0.4) is 0 Å². The van der Waals surface area contributed by atoms with E-state index < -0.39 is 5.82 Å². The molecular weight excluding hydrogens is 361 g/mol. The Kier molecular flexibility index (Phi) is 6.59. The second-order valence-electron chi connectivity index (χ2n) is 5.36. The molecule has 3 nitrogen and oxygen atoms in total. The minimum atomic E-state index is -0.496. The molecule has 23 heavy (non-hydrogen) atoms. The molecular formula is C18H19BrFNO2. The maximum absolute atomic E-state index is 13.6. The number of rotatable bonds is 7. The molecule has 0 aliphatic carbocycles. The fourth-order valence-corrected chi connectivity index (χ4v) is 2.49. The van der Waals surface area contributed by atoms with Crippen molar-refractivity contribution in [1.82, 2.24) is 5.32 Å². The largest absolute Gasteiger partial charge is 0.481 e. The van der Waals surface area contributed by atoms with Crippen molar-refractivity contribution in [2.75, 3.05) is 6.61 Å². The third kappa shape index (κ3) is 6.02. The van der Waals surface area contributed by atoms with E-state index >= 15 is 0 Å². The van der Waals surface area contributed by atoms with Crippen LogP contribution in [0.2, 0.25) is 0 Å². The van der Waals surface area contributed by atoms with Crippen molar-refractivity contribution >= 4 is 21.8 Å². The van der Waals surface area contributed by atoms with E-state index in [0.29, 0.717) is 4.47 Å². The summed E-state index contributed by atoms with van der Waals surface area (Å²) in [5, 5.41) is 2.86. The molecule has 0 bridgehead atoms. The minimum Gasteiger partial charge on any atom is -0.481 e. The molecule has 1 amide bonds. The van der Waals surface area contributed by atoms with E-state index in [-0.39, 0.29) is 24.3 Å². The fraction of sp³-hybridized carbons (Fsp3) is 0.278.